The Kier molecular flexibility index (Phi) is 15.9. The molecule has 0 spiro atoms. The zero-order valence-electron chi connectivity index (χ0n) is 21.3. The van der Waals surface area contributed by atoms with Gasteiger partial charge in [0.2, 0.25) is 0 Å². The van der Waals surface area contributed by atoms with Gasteiger partial charge < -0.3 is 5.01 Å². The van der Waals surface area contributed by atoms with E-state index < -0.39 is 0 Å². The Morgan fingerprint density at radius 2 is 1.77 bits per heavy atom. The second-order valence-electron chi connectivity index (χ2n) is 7.41. The molecule has 0 radical (unpaired) electrons. The van der Waals surface area contributed by atoms with Gasteiger partial charge in [-0.25, -0.2) is 5.43 Å². The molecule has 0 amide bonds. The molecule has 2 nitrogen and oxygen atoms in total. The lowest BCUT2D eigenvalue weighted by atomic mass is 9.91. The Morgan fingerprint density at radius 3 is 2.32 bits per heavy atom. The molecule has 1 unspecified atom stereocenters. The first kappa shape index (κ1) is 29.2. The van der Waals surface area contributed by atoms with Gasteiger partial charge in [-0.05, 0) is 67.2 Å². The highest BCUT2D eigenvalue weighted by Crippen LogP contribution is 2.31. The minimum absolute atomic E-state index is 0.341. The molecule has 1 aromatic rings. The monoisotopic (exact) mass is 444 g/mol. The summed E-state index contributed by atoms with van der Waals surface area (Å²) in [5.41, 5.74) is 9.54. The summed E-state index contributed by atoms with van der Waals surface area (Å²) in [4.78, 5) is 0. The highest BCUT2D eigenvalue weighted by atomic mass is 35.5. The predicted molar refractivity (Wildman–Crippen MR) is 142 cm³/mol. The van der Waals surface area contributed by atoms with Crippen LogP contribution in [0.4, 0.5) is 0 Å². The van der Waals surface area contributed by atoms with Gasteiger partial charge in [-0.1, -0.05) is 96.4 Å². The summed E-state index contributed by atoms with van der Waals surface area (Å²) in [5.74, 6) is 0. The Balaban J connectivity index is 0.00000134. The summed E-state index contributed by atoms with van der Waals surface area (Å²) in [6.07, 6.45) is 14.7. The third-order valence-corrected chi connectivity index (χ3v) is 5.19. The average Bonchev–Trinajstić information content (AvgIpc) is 2.79. The number of unbranched alkanes of at least 4 members (excludes halogenated alkanes) is 1. The summed E-state index contributed by atoms with van der Waals surface area (Å²) in [6.45, 7) is 20.0. The summed E-state index contributed by atoms with van der Waals surface area (Å²) in [5, 5.41) is 2.95. The number of hydrazine groups is 1. The van der Waals surface area contributed by atoms with Crippen LogP contribution in [0.15, 0.2) is 59.8 Å². The lowest BCUT2D eigenvalue weighted by Gasteiger charge is -2.30. The molecule has 1 aliphatic rings. The fourth-order valence-corrected chi connectivity index (χ4v) is 3.17. The van der Waals surface area contributed by atoms with Crippen molar-refractivity contribution in [3.8, 4) is 0 Å². The van der Waals surface area contributed by atoms with Crippen molar-refractivity contribution in [1.29, 1.82) is 0 Å². The molecule has 1 N–H and O–H groups in total. The second kappa shape index (κ2) is 16.9. The fourth-order valence-electron chi connectivity index (χ4n) is 2.99. The highest BCUT2D eigenvalue weighted by molar-refractivity contribution is 6.30. The van der Waals surface area contributed by atoms with Crippen LogP contribution >= 0.6 is 11.6 Å². The van der Waals surface area contributed by atoms with E-state index in [1.807, 2.05) is 19.9 Å². The number of nitrogens with zero attached hydrogens (tertiary/aromatic N) is 1. The SMILES string of the molecule is CC.CC/C=C\C(C1=CN(NCC)C(C)C=C1)=C(/C)c1cc(Cl)ccc1C.CCCC. The van der Waals surface area contributed by atoms with Gasteiger partial charge in [-0.3, -0.25) is 0 Å². The molecule has 3 heteroatoms. The second-order valence-corrected chi connectivity index (χ2v) is 7.85. The molecule has 174 valence electrons. The zero-order chi connectivity index (χ0) is 23.8. The number of hydrogen-bond donors (Lipinski definition) is 1. The van der Waals surface area contributed by atoms with Gasteiger partial charge in [0.15, 0.2) is 0 Å². The molecular formula is C28H45ClN2. The van der Waals surface area contributed by atoms with Gasteiger partial charge in [0.05, 0.1) is 6.04 Å². The standard InChI is InChI=1S/C22H29ClN2.C4H10.C2H6/c1-6-8-9-21(18(5)22-14-20(23)13-10-16(22)3)19-12-11-17(4)25(15-19)24-7-2;1-3-4-2;1-2/h8-15,17,24H,6-7H2,1-5H3;3-4H2,1-2H3;1-2H3/b9-8-,21-18-;;. The van der Waals surface area contributed by atoms with Crippen LogP contribution in [0, 0.1) is 6.92 Å². The maximum Gasteiger partial charge on any atom is 0.0603 e. The Morgan fingerprint density at radius 1 is 1.13 bits per heavy atom. The van der Waals surface area contributed by atoms with Crippen LogP contribution in [0.2, 0.25) is 5.02 Å². The number of allylic oxidation sites excluding steroid dienone is 6. The largest absolute Gasteiger partial charge is 0.308 e. The number of benzene rings is 1. The van der Waals surface area contributed by atoms with Gasteiger partial charge in [-0.2, -0.15) is 0 Å². The summed E-state index contributed by atoms with van der Waals surface area (Å²) >= 11 is 6.25. The first-order valence-corrected chi connectivity index (χ1v) is 12.3. The third-order valence-electron chi connectivity index (χ3n) is 4.95. The molecule has 31 heavy (non-hydrogen) atoms. The molecule has 0 aliphatic carbocycles. The van der Waals surface area contributed by atoms with E-state index in [4.69, 9.17) is 11.6 Å². The average molecular weight is 445 g/mol. The molecule has 1 aromatic carbocycles. The van der Waals surface area contributed by atoms with Crippen molar-refractivity contribution < 1.29 is 0 Å². The lowest BCUT2D eigenvalue weighted by Crippen LogP contribution is -2.40. The summed E-state index contributed by atoms with van der Waals surface area (Å²) < 4.78 is 0. The molecule has 1 heterocycles. The number of rotatable bonds is 7. The van der Waals surface area contributed by atoms with Crippen LogP contribution in [0.3, 0.4) is 0 Å². The number of halogens is 1. The van der Waals surface area contributed by atoms with E-state index in [9.17, 15) is 0 Å². The quantitative estimate of drug-likeness (QED) is 0.422. The van der Waals surface area contributed by atoms with Gasteiger partial charge in [0, 0.05) is 17.8 Å². The van der Waals surface area contributed by atoms with Crippen LogP contribution in [-0.4, -0.2) is 17.6 Å². The number of hydrogen-bond acceptors (Lipinski definition) is 2. The predicted octanol–water partition coefficient (Wildman–Crippen LogP) is 8.89. The van der Waals surface area contributed by atoms with E-state index in [1.165, 1.54) is 40.7 Å². The maximum absolute atomic E-state index is 6.25. The minimum Gasteiger partial charge on any atom is -0.308 e. The van der Waals surface area contributed by atoms with E-state index in [2.05, 4.69) is 102 Å². The molecule has 0 fully saturated rings. The molecule has 1 atom stereocenters. The van der Waals surface area contributed by atoms with Crippen molar-refractivity contribution >= 4 is 17.2 Å². The van der Waals surface area contributed by atoms with Crippen LogP contribution in [0.25, 0.3) is 5.57 Å². The minimum atomic E-state index is 0.341. The van der Waals surface area contributed by atoms with Crippen molar-refractivity contribution in [2.45, 2.75) is 87.6 Å². The molecule has 0 bridgehead atoms. The van der Waals surface area contributed by atoms with Crippen LogP contribution in [0.1, 0.15) is 85.8 Å². The van der Waals surface area contributed by atoms with Gasteiger partial charge in [0.1, 0.15) is 0 Å². The van der Waals surface area contributed by atoms with Crippen LogP contribution in [-0.2, 0) is 0 Å². The summed E-state index contributed by atoms with van der Waals surface area (Å²) in [6, 6.07) is 6.43. The van der Waals surface area contributed by atoms with E-state index >= 15 is 0 Å². The normalized spacial score (nSPS) is 16.1. The van der Waals surface area contributed by atoms with Crippen LogP contribution in [0.5, 0.6) is 0 Å². The highest BCUT2D eigenvalue weighted by Gasteiger charge is 2.16. The Labute approximate surface area is 197 Å². The molecule has 2 rings (SSSR count). The molecule has 0 saturated heterocycles. The van der Waals surface area contributed by atoms with E-state index in [0.29, 0.717) is 6.04 Å². The molecule has 1 aliphatic heterocycles. The van der Waals surface area contributed by atoms with Crippen molar-refractivity contribution in [2.24, 2.45) is 0 Å². The Bertz CT molecular complexity index is 754. The summed E-state index contributed by atoms with van der Waals surface area (Å²) in [7, 11) is 0. The molecular weight excluding hydrogens is 400 g/mol. The van der Waals surface area contributed by atoms with Crippen molar-refractivity contribution in [3.05, 3.63) is 76.0 Å². The van der Waals surface area contributed by atoms with Gasteiger partial charge >= 0.3 is 0 Å². The fraction of sp³-hybridized carbons (Fsp3) is 0.500. The number of nitrogens with one attached hydrogen (secondary N) is 1. The third kappa shape index (κ3) is 9.93. The first-order valence-electron chi connectivity index (χ1n) is 12.0. The van der Waals surface area contributed by atoms with E-state index in [0.717, 1.165) is 18.0 Å². The lowest BCUT2D eigenvalue weighted by molar-refractivity contribution is 0.240. The van der Waals surface area contributed by atoms with E-state index in [1.54, 1.807) is 0 Å². The Hall–Kier alpha value is -1.77. The van der Waals surface area contributed by atoms with E-state index in [-0.39, 0.29) is 0 Å². The smallest absolute Gasteiger partial charge is 0.0603 e. The van der Waals surface area contributed by atoms with Crippen molar-refractivity contribution in [2.75, 3.05) is 6.54 Å². The van der Waals surface area contributed by atoms with Crippen molar-refractivity contribution in [1.82, 2.24) is 10.4 Å². The van der Waals surface area contributed by atoms with Crippen molar-refractivity contribution in [3.63, 3.8) is 0 Å². The maximum atomic E-state index is 6.25. The zero-order valence-corrected chi connectivity index (χ0v) is 22.1. The molecule has 0 saturated carbocycles. The van der Waals surface area contributed by atoms with Gasteiger partial charge in [0.25, 0.3) is 0 Å². The number of aryl methyl sites for hydroxylation is 1. The van der Waals surface area contributed by atoms with Gasteiger partial charge in [-0.15, -0.1) is 0 Å². The topological polar surface area (TPSA) is 15.3 Å². The first-order chi connectivity index (χ1) is 14.9. The molecule has 0 aromatic heterocycles. The van der Waals surface area contributed by atoms with Crippen LogP contribution < -0.4 is 5.43 Å².